The van der Waals surface area contributed by atoms with Gasteiger partial charge in [0, 0.05) is 6.61 Å². The molecular formula is C50H102O6. The molecule has 0 aromatic carbocycles. The maximum Gasteiger partial charge on any atom is 0.104 e. The van der Waals surface area contributed by atoms with Crippen LogP contribution < -0.4 is 0 Å². The van der Waals surface area contributed by atoms with Crippen LogP contribution in [0.5, 0.6) is 0 Å². The van der Waals surface area contributed by atoms with Gasteiger partial charge in [0.15, 0.2) is 0 Å². The van der Waals surface area contributed by atoms with Crippen molar-refractivity contribution in [2.24, 2.45) is 0 Å². The Morgan fingerprint density at radius 3 is 0.661 bits per heavy atom. The Balaban J connectivity index is -0.0000000236. The molecule has 0 saturated carbocycles. The van der Waals surface area contributed by atoms with E-state index in [1.165, 1.54) is 57.8 Å². The third-order valence-corrected chi connectivity index (χ3v) is 4.02. The number of aliphatic hydroxyl groups excluding tert-OH is 3. The zero-order valence-corrected chi connectivity index (χ0v) is 38.0. The van der Waals surface area contributed by atoms with Crippen molar-refractivity contribution >= 4 is 0 Å². The molecule has 338 valence electrons. The minimum absolute atomic E-state index is 0.125. The fourth-order valence-corrected chi connectivity index (χ4v) is 2.26. The van der Waals surface area contributed by atoms with Gasteiger partial charge in [0.2, 0.25) is 0 Å². The Kier molecular flexibility index (Phi) is 493. The van der Waals surface area contributed by atoms with Gasteiger partial charge in [0.05, 0.1) is 39.6 Å². The molecule has 3 N–H and O–H groups in total. The zero-order valence-electron chi connectivity index (χ0n) is 38.0. The summed E-state index contributed by atoms with van der Waals surface area (Å²) >= 11 is 0. The molecular weight excluding hydrogens is 697 g/mol. The van der Waals surface area contributed by atoms with Gasteiger partial charge in [0.25, 0.3) is 0 Å². The van der Waals surface area contributed by atoms with E-state index in [1.54, 1.807) is 0 Å². The summed E-state index contributed by atoms with van der Waals surface area (Å²) in [5, 5.41) is 23.8. The van der Waals surface area contributed by atoms with Crippen molar-refractivity contribution in [3.8, 4) is 0 Å². The molecule has 2 aliphatic heterocycles. The van der Waals surface area contributed by atoms with Crippen molar-refractivity contribution < 1.29 is 29.5 Å². The lowest BCUT2D eigenvalue weighted by Gasteiger charge is -2.00. The zero-order chi connectivity index (χ0) is 49.3. The van der Waals surface area contributed by atoms with Gasteiger partial charge in [-0.15, -0.1) is 197 Å². The first-order valence-electron chi connectivity index (χ1n) is 17.9. The van der Waals surface area contributed by atoms with Gasteiger partial charge < -0.3 is 29.5 Å². The Hall–Kier alpha value is -4.14. The van der Waals surface area contributed by atoms with Crippen LogP contribution in [0.15, 0.2) is 197 Å². The predicted octanol–water partition coefficient (Wildman–Crippen LogP) is 14.7. The highest BCUT2D eigenvalue weighted by Crippen LogP contribution is 2.12. The van der Waals surface area contributed by atoms with E-state index in [-0.39, 0.29) is 13.2 Å². The number of ether oxygens (including phenoxy) is 3. The molecule has 2 saturated heterocycles. The minimum atomic E-state index is -0.125. The number of hydrogen-bond acceptors (Lipinski definition) is 6. The average molecular weight is 799 g/mol. The first kappa shape index (κ1) is 104. The van der Waals surface area contributed by atoms with Crippen LogP contribution in [0, 0.1) is 0 Å². The summed E-state index contributed by atoms with van der Waals surface area (Å²) in [7, 11) is 0. The summed E-state index contributed by atoms with van der Waals surface area (Å²) in [4.78, 5) is 0. The number of rotatable bonds is 15. The van der Waals surface area contributed by atoms with Crippen LogP contribution in [0.25, 0.3) is 0 Å². The lowest BCUT2D eigenvalue weighted by atomic mass is 10.1. The van der Waals surface area contributed by atoms with Crippen LogP contribution in [0.1, 0.15) is 71.1 Å². The van der Waals surface area contributed by atoms with E-state index in [9.17, 15) is 0 Å². The summed E-state index contributed by atoms with van der Waals surface area (Å²) < 4.78 is 15.1. The molecule has 0 aliphatic carbocycles. The third-order valence-electron chi connectivity index (χ3n) is 4.02. The van der Waals surface area contributed by atoms with E-state index in [2.05, 4.69) is 204 Å². The van der Waals surface area contributed by atoms with E-state index in [0.717, 1.165) is 32.8 Å². The molecule has 6 heteroatoms. The number of hydrogen-bond donors (Lipinski definition) is 3. The van der Waals surface area contributed by atoms with Crippen LogP contribution in [-0.4, -0.2) is 73.8 Å². The molecule has 0 bridgehead atoms. The van der Waals surface area contributed by atoms with Crippen molar-refractivity contribution in [3.63, 3.8) is 0 Å². The Morgan fingerprint density at radius 2 is 0.518 bits per heavy atom. The largest absolute Gasteiger partial charge is 0.396 e. The smallest absolute Gasteiger partial charge is 0.104 e. The second-order valence-electron chi connectivity index (χ2n) is 6.80. The number of epoxide rings is 2. The third kappa shape index (κ3) is 335. The molecule has 2 aliphatic rings. The molecule has 0 aromatic rings. The van der Waals surface area contributed by atoms with E-state index in [4.69, 9.17) is 29.5 Å². The maximum absolute atomic E-state index is 8.57. The van der Waals surface area contributed by atoms with Crippen molar-refractivity contribution in [1.29, 1.82) is 0 Å². The molecule has 2 fully saturated rings. The second kappa shape index (κ2) is 265. The lowest BCUT2D eigenvalue weighted by Crippen LogP contribution is -2.06. The van der Waals surface area contributed by atoms with E-state index >= 15 is 0 Å². The normalized spacial score (nSPS) is 10.3. The van der Waals surface area contributed by atoms with Crippen LogP contribution in [0.3, 0.4) is 0 Å². The monoisotopic (exact) mass is 799 g/mol. The first-order valence-corrected chi connectivity index (χ1v) is 17.9. The van der Waals surface area contributed by atoms with Gasteiger partial charge in [-0.3, -0.25) is 0 Å². The molecule has 6 nitrogen and oxygen atoms in total. The van der Waals surface area contributed by atoms with E-state index < -0.39 is 0 Å². The van der Waals surface area contributed by atoms with Crippen molar-refractivity contribution in [3.05, 3.63) is 197 Å². The van der Waals surface area contributed by atoms with E-state index in [1.807, 2.05) is 0 Å². The van der Waals surface area contributed by atoms with Gasteiger partial charge in [-0.25, -0.2) is 0 Å². The van der Waals surface area contributed by atoms with Crippen molar-refractivity contribution in [2.45, 2.75) is 83.3 Å². The predicted molar refractivity (Wildman–Crippen MR) is 272 cm³/mol. The molecule has 0 aromatic heterocycles. The quantitative estimate of drug-likeness (QED) is 0.0868. The highest BCUT2D eigenvalue weighted by atomic mass is 16.6. The summed E-state index contributed by atoms with van der Waals surface area (Å²) in [6.07, 6.45) is 14.1. The standard InChI is InChI=1S/C12H26O.C6H10O3.C2H6O2.15C2H4/c1-2-3-4-5-6-7-8-9-10-11-12-13;1(5-3-8-5)7-2-6-4-9-6;3-1-2-4;15*1-2/h13H,2-12H2,1H3;5-6H,1-4H2;3-4H,1-2H2;15*1-2H2. The minimum Gasteiger partial charge on any atom is -0.396 e. The van der Waals surface area contributed by atoms with Gasteiger partial charge in [-0.2, -0.15) is 0 Å². The van der Waals surface area contributed by atoms with Crippen LogP contribution in [-0.2, 0) is 14.2 Å². The number of aliphatic hydroxyl groups is 3. The SMILES string of the molecule is C(OCC1CO1)C1CO1.C=C.C=C.C=C.C=C.C=C.C=C.C=C.C=C.C=C.C=C.C=C.C=C.C=C.C=C.C=C.CCCCCCCCCCCCO.OCCO. The molecule has 0 spiro atoms. The molecule has 0 radical (unpaired) electrons. The topological polar surface area (TPSA) is 95.0 Å². The fraction of sp³-hybridized carbons (Fsp3) is 0.400. The summed E-state index contributed by atoms with van der Waals surface area (Å²) in [6, 6.07) is 0. The van der Waals surface area contributed by atoms with Gasteiger partial charge in [0.1, 0.15) is 12.2 Å². The summed E-state index contributed by atoms with van der Waals surface area (Å²) in [5.74, 6) is 0. The van der Waals surface area contributed by atoms with Crippen LogP contribution >= 0.6 is 0 Å². The lowest BCUT2D eigenvalue weighted by molar-refractivity contribution is 0.102. The molecule has 56 heavy (non-hydrogen) atoms. The average Bonchev–Trinajstić information content (AvgIpc) is 4.32. The molecule has 2 atom stereocenters. The highest BCUT2D eigenvalue weighted by molar-refractivity contribution is 4.71. The van der Waals surface area contributed by atoms with Crippen molar-refractivity contribution in [1.82, 2.24) is 0 Å². The van der Waals surface area contributed by atoms with E-state index in [0.29, 0.717) is 18.8 Å². The van der Waals surface area contributed by atoms with Gasteiger partial charge in [-0.1, -0.05) is 64.7 Å². The fourth-order valence-electron chi connectivity index (χ4n) is 2.26. The van der Waals surface area contributed by atoms with Crippen LogP contribution in [0.4, 0.5) is 0 Å². The van der Waals surface area contributed by atoms with Gasteiger partial charge >= 0.3 is 0 Å². The summed E-state index contributed by atoms with van der Waals surface area (Å²) in [6.45, 7) is 95.6. The van der Waals surface area contributed by atoms with Crippen LogP contribution in [0.2, 0.25) is 0 Å². The Labute approximate surface area is 355 Å². The number of unbranched alkanes of at least 4 members (excludes halogenated alkanes) is 9. The maximum atomic E-state index is 8.57. The molecule has 2 rings (SSSR count). The first-order chi connectivity index (χ1) is 27.8. The van der Waals surface area contributed by atoms with Gasteiger partial charge in [-0.05, 0) is 6.42 Å². The molecule has 2 unspecified atom stereocenters. The molecule has 0 amide bonds. The van der Waals surface area contributed by atoms with Crippen molar-refractivity contribution in [2.75, 3.05) is 46.2 Å². The molecule has 2 heterocycles. The Morgan fingerprint density at radius 1 is 0.339 bits per heavy atom. The Bertz CT molecular complexity index is 376. The highest BCUT2D eigenvalue weighted by Gasteiger charge is 2.26. The second-order valence-corrected chi connectivity index (χ2v) is 6.80. The summed E-state index contributed by atoms with van der Waals surface area (Å²) in [5.41, 5.74) is 0.